The summed E-state index contributed by atoms with van der Waals surface area (Å²) in [6.07, 6.45) is 0. The third kappa shape index (κ3) is 3.66. The minimum Gasteiger partial charge on any atom is -0.351 e. The average molecular weight is 220 g/mol. The zero-order valence-electron chi connectivity index (χ0n) is 10.2. The Kier molecular flexibility index (Phi) is 4.07. The van der Waals surface area contributed by atoms with Crippen molar-refractivity contribution in [2.24, 2.45) is 11.1 Å². The van der Waals surface area contributed by atoms with E-state index < -0.39 is 6.04 Å². The topological polar surface area (TPSA) is 55.1 Å². The summed E-state index contributed by atoms with van der Waals surface area (Å²) in [6, 6.07) is 9.32. The van der Waals surface area contributed by atoms with Crippen LogP contribution in [-0.4, -0.2) is 11.9 Å². The number of hydrogen-bond donors (Lipinski definition) is 2. The van der Waals surface area contributed by atoms with Crippen molar-refractivity contribution in [3.63, 3.8) is 0 Å². The van der Waals surface area contributed by atoms with E-state index in [2.05, 4.69) is 5.32 Å². The first-order chi connectivity index (χ1) is 7.41. The number of carbonyl (C=O) groups excluding carboxylic acids is 1. The number of nitrogens with two attached hydrogens (primary N) is 1. The average Bonchev–Trinajstić information content (AvgIpc) is 2.25. The maximum absolute atomic E-state index is 11.7. The summed E-state index contributed by atoms with van der Waals surface area (Å²) in [5.74, 6) is -0.101. The van der Waals surface area contributed by atoms with Crippen molar-refractivity contribution in [1.29, 1.82) is 0 Å². The molecule has 0 aliphatic carbocycles. The third-order valence-corrected chi connectivity index (χ3v) is 2.53. The van der Waals surface area contributed by atoms with Crippen LogP contribution in [0.4, 0.5) is 0 Å². The van der Waals surface area contributed by atoms with Crippen LogP contribution in [0.3, 0.4) is 0 Å². The Morgan fingerprint density at radius 3 is 2.38 bits per heavy atom. The zero-order valence-corrected chi connectivity index (χ0v) is 10.2. The molecule has 1 aromatic rings. The van der Waals surface area contributed by atoms with Gasteiger partial charge in [-0.05, 0) is 11.0 Å². The number of benzene rings is 1. The highest BCUT2D eigenvalue weighted by molar-refractivity contribution is 5.82. The van der Waals surface area contributed by atoms with Gasteiger partial charge in [-0.3, -0.25) is 4.79 Å². The number of rotatable bonds is 3. The van der Waals surface area contributed by atoms with Crippen LogP contribution in [0.15, 0.2) is 30.3 Å². The van der Waals surface area contributed by atoms with Crippen LogP contribution in [0.1, 0.15) is 26.3 Å². The molecule has 0 aliphatic rings. The normalized spacial score (nSPS) is 13.2. The summed E-state index contributed by atoms with van der Waals surface area (Å²) in [7, 11) is 0. The first-order valence-corrected chi connectivity index (χ1v) is 5.48. The lowest BCUT2D eigenvalue weighted by Crippen LogP contribution is -2.48. The molecule has 0 radical (unpaired) electrons. The van der Waals surface area contributed by atoms with Gasteiger partial charge in [0.1, 0.15) is 0 Å². The van der Waals surface area contributed by atoms with Gasteiger partial charge >= 0.3 is 0 Å². The minimum absolute atomic E-state index is 0.101. The van der Waals surface area contributed by atoms with Crippen molar-refractivity contribution in [3.05, 3.63) is 35.9 Å². The second-order valence-corrected chi connectivity index (χ2v) is 5.05. The highest BCUT2D eigenvalue weighted by Gasteiger charge is 2.26. The van der Waals surface area contributed by atoms with Crippen LogP contribution in [0.2, 0.25) is 0 Å². The Morgan fingerprint density at radius 2 is 1.88 bits per heavy atom. The van der Waals surface area contributed by atoms with Crippen LogP contribution in [-0.2, 0) is 11.3 Å². The number of amides is 1. The van der Waals surface area contributed by atoms with Gasteiger partial charge in [0, 0.05) is 6.54 Å². The summed E-state index contributed by atoms with van der Waals surface area (Å²) in [5.41, 5.74) is 6.72. The smallest absolute Gasteiger partial charge is 0.237 e. The lowest BCUT2D eigenvalue weighted by molar-refractivity contribution is -0.124. The molecule has 1 atom stereocenters. The lowest BCUT2D eigenvalue weighted by Gasteiger charge is -2.25. The standard InChI is InChI=1S/C13H20N2O/c1-13(2,3)11(14)12(16)15-9-10-7-5-4-6-8-10/h4-8,11H,9,14H2,1-3H3,(H,15,16)/t11-/m0/s1. The molecule has 3 N–H and O–H groups in total. The van der Waals surface area contributed by atoms with Crippen molar-refractivity contribution < 1.29 is 4.79 Å². The molecule has 1 aromatic carbocycles. The number of hydrogen-bond acceptors (Lipinski definition) is 2. The SMILES string of the molecule is CC(C)(C)[C@@H](N)C(=O)NCc1ccccc1. The molecule has 0 heterocycles. The van der Waals surface area contributed by atoms with Gasteiger partial charge in [0.2, 0.25) is 5.91 Å². The first-order valence-electron chi connectivity index (χ1n) is 5.48. The summed E-state index contributed by atoms with van der Waals surface area (Å²) >= 11 is 0. The van der Waals surface area contributed by atoms with Crippen molar-refractivity contribution in [1.82, 2.24) is 5.32 Å². The van der Waals surface area contributed by atoms with E-state index in [1.165, 1.54) is 0 Å². The van der Waals surface area contributed by atoms with Gasteiger partial charge in [-0.15, -0.1) is 0 Å². The Morgan fingerprint density at radius 1 is 1.31 bits per heavy atom. The highest BCUT2D eigenvalue weighted by Crippen LogP contribution is 2.17. The predicted molar refractivity (Wildman–Crippen MR) is 65.7 cm³/mol. The molecule has 1 amide bonds. The second-order valence-electron chi connectivity index (χ2n) is 5.05. The quantitative estimate of drug-likeness (QED) is 0.814. The van der Waals surface area contributed by atoms with E-state index >= 15 is 0 Å². The Balaban J connectivity index is 2.48. The first kappa shape index (κ1) is 12.7. The second kappa shape index (κ2) is 5.12. The Bertz CT molecular complexity index is 341. The molecule has 16 heavy (non-hydrogen) atoms. The van der Waals surface area contributed by atoms with Crippen molar-refractivity contribution in [2.45, 2.75) is 33.4 Å². The van der Waals surface area contributed by atoms with Gasteiger partial charge in [0.15, 0.2) is 0 Å². The van der Waals surface area contributed by atoms with E-state index in [4.69, 9.17) is 5.73 Å². The van der Waals surface area contributed by atoms with Gasteiger partial charge in [0.25, 0.3) is 0 Å². The molecule has 3 nitrogen and oxygen atoms in total. The summed E-state index contributed by atoms with van der Waals surface area (Å²) in [4.78, 5) is 11.7. The molecule has 0 fully saturated rings. The molecule has 0 aliphatic heterocycles. The molecule has 0 aromatic heterocycles. The van der Waals surface area contributed by atoms with Crippen molar-refractivity contribution in [3.8, 4) is 0 Å². The van der Waals surface area contributed by atoms with Gasteiger partial charge < -0.3 is 11.1 Å². The van der Waals surface area contributed by atoms with E-state index in [1.54, 1.807) is 0 Å². The summed E-state index contributed by atoms with van der Waals surface area (Å²) in [5, 5.41) is 2.84. The maximum atomic E-state index is 11.7. The van der Waals surface area contributed by atoms with Crippen LogP contribution in [0.5, 0.6) is 0 Å². The van der Waals surface area contributed by atoms with E-state index in [0.29, 0.717) is 6.54 Å². The maximum Gasteiger partial charge on any atom is 0.237 e. The number of carbonyl (C=O) groups is 1. The van der Waals surface area contributed by atoms with Crippen LogP contribution in [0.25, 0.3) is 0 Å². The molecule has 88 valence electrons. The largest absolute Gasteiger partial charge is 0.351 e. The molecular formula is C13H20N2O. The molecule has 0 bridgehead atoms. The number of nitrogens with one attached hydrogen (secondary N) is 1. The van der Waals surface area contributed by atoms with Crippen LogP contribution < -0.4 is 11.1 Å². The molecular weight excluding hydrogens is 200 g/mol. The molecule has 0 unspecified atom stereocenters. The van der Waals surface area contributed by atoms with Gasteiger partial charge in [-0.2, -0.15) is 0 Å². The highest BCUT2D eigenvalue weighted by atomic mass is 16.2. The van der Waals surface area contributed by atoms with Gasteiger partial charge in [0.05, 0.1) is 6.04 Å². The fourth-order valence-electron chi connectivity index (χ4n) is 1.29. The van der Waals surface area contributed by atoms with E-state index in [-0.39, 0.29) is 11.3 Å². The fraction of sp³-hybridized carbons (Fsp3) is 0.462. The fourth-order valence-corrected chi connectivity index (χ4v) is 1.29. The molecule has 0 saturated carbocycles. The van der Waals surface area contributed by atoms with E-state index in [9.17, 15) is 4.79 Å². The molecule has 1 rings (SSSR count). The predicted octanol–water partition coefficient (Wildman–Crippen LogP) is 1.68. The molecule has 0 spiro atoms. The zero-order chi connectivity index (χ0) is 12.2. The lowest BCUT2D eigenvalue weighted by atomic mass is 9.87. The summed E-state index contributed by atoms with van der Waals surface area (Å²) in [6.45, 7) is 6.41. The summed E-state index contributed by atoms with van der Waals surface area (Å²) < 4.78 is 0. The van der Waals surface area contributed by atoms with Crippen LogP contribution >= 0.6 is 0 Å². The third-order valence-electron chi connectivity index (χ3n) is 2.53. The molecule has 0 saturated heterocycles. The van der Waals surface area contributed by atoms with Crippen LogP contribution in [0, 0.1) is 5.41 Å². The Labute approximate surface area is 97.0 Å². The Hall–Kier alpha value is -1.35. The minimum atomic E-state index is -0.476. The van der Waals surface area contributed by atoms with Crippen molar-refractivity contribution in [2.75, 3.05) is 0 Å². The molecule has 3 heteroatoms. The van der Waals surface area contributed by atoms with E-state index in [1.807, 2.05) is 51.1 Å². The van der Waals surface area contributed by atoms with Crippen molar-refractivity contribution >= 4 is 5.91 Å². The van der Waals surface area contributed by atoms with Gasteiger partial charge in [-0.1, -0.05) is 51.1 Å². The monoisotopic (exact) mass is 220 g/mol. The van der Waals surface area contributed by atoms with Gasteiger partial charge in [-0.25, -0.2) is 0 Å². The van der Waals surface area contributed by atoms with E-state index in [0.717, 1.165) is 5.56 Å².